The molecule has 3 rings (SSSR count). The van der Waals surface area contributed by atoms with Crippen molar-refractivity contribution < 1.29 is 22.4 Å². The van der Waals surface area contributed by atoms with Gasteiger partial charge in [-0.25, -0.2) is 9.07 Å². The van der Waals surface area contributed by atoms with Gasteiger partial charge >= 0.3 is 6.18 Å². The van der Waals surface area contributed by atoms with E-state index < -0.39 is 23.5 Å². The van der Waals surface area contributed by atoms with Crippen LogP contribution in [0.15, 0.2) is 54.9 Å². The summed E-state index contributed by atoms with van der Waals surface area (Å²) in [5, 5.41) is 6.36. The Morgan fingerprint density at radius 2 is 1.92 bits per heavy atom. The second-order valence-corrected chi connectivity index (χ2v) is 5.70. The molecule has 1 heterocycles. The Morgan fingerprint density at radius 3 is 2.58 bits per heavy atom. The molecule has 1 aromatic heterocycles. The Morgan fingerprint density at radius 1 is 1.15 bits per heavy atom. The fraction of sp³-hybridized carbons (Fsp3) is 0.0588. The van der Waals surface area contributed by atoms with Crippen LogP contribution >= 0.6 is 11.6 Å². The molecule has 3 aromatic rings. The van der Waals surface area contributed by atoms with Crippen LogP contribution in [0.25, 0.3) is 5.69 Å². The number of hydrogen-bond acceptors (Lipinski definition) is 2. The lowest BCUT2D eigenvalue weighted by Crippen LogP contribution is -2.17. The van der Waals surface area contributed by atoms with Crippen LogP contribution in [0.4, 0.5) is 23.2 Å². The van der Waals surface area contributed by atoms with Crippen molar-refractivity contribution in [1.82, 2.24) is 9.78 Å². The molecule has 0 aliphatic heterocycles. The van der Waals surface area contributed by atoms with E-state index in [0.29, 0.717) is 0 Å². The highest BCUT2D eigenvalue weighted by molar-refractivity contribution is 6.31. The van der Waals surface area contributed by atoms with Gasteiger partial charge in [0.2, 0.25) is 0 Å². The molecule has 1 amide bonds. The lowest BCUT2D eigenvalue weighted by atomic mass is 10.1. The van der Waals surface area contributed by atoms with Gasteiger partial charge in [0.1, 0.15) is 5.82 Å². The van der Waals surface area contributed by atoms with Crippen LogP contribution in [0.1, 0.15) is 15.9 Å². The van der Waals surface area contributed by atoms with Gasteiger partial charge in [-0.15, -0.1) is 0 Å². The first kappa shape index (κ1) is 17.9. The Hall–Kier alpha value is -2.87. The van der Waals surface area contributed by atoms with Crippen molar-refractivity contribution in [3.8, 4) is 5.69 Å². The molecule has 0 bridgehead atoms. The summed E-state index contributed by atoms with van der Waals surface area (Å²) < 4.78 is 54.2. The summed E-state index contributed by atoms with van der Waals surface area (Å²) >= 11 is 5.75. The van der Waals surface area contributed by atoms with E-state index in [-0.39, 0.29) is 22.0 Å². The summed E-state index contributed by atoms with van der Waals surface area (Å²) in [6.07, 6.45) is -1.68. The number of carbonyl (C=O) groups excluding carboxylic acids is 1. The molecule has 0 aliphatic carbocycles. The quantitative estimate of drug-likeness (QED) is 0.651. The van der Waals surface area contributed by atoms with Gasteiger partial charge in [-0.05, 0) is 42.5 Å². The van der Waals surface area contributed by atoms with Crippen molar-refractivity contribution in [2.45, 2.75) is 6.18 Å². The van der Waals surface area contributed by atoms with Gasteiger partial charge in [0.05, 0.1) is 22.5 Å². The van der Waals surface area contributed by atoms with Crippen LogP contribution in [0.2, 0.25) is 5.02 Å². The number of carbonyl (C=O) groups is 1. The first-order valence-corrected chi connectivity index (χ1v) is 7.61. The number of alkyl halides is 3. The first-order valence-electron chi connectivity index (χ1n) is 7.23. The summed E-state index contributed by atoms with van der Waals surface area (Å²) in [6, 6.07) is 7.71. The number of halogens is 5. The van der Waals surface area contributed by atoms with E-state index in [1.54, 1.807) is 6.07 Å². The van der Waals surface area contributed by atoms with E-state index in [1.165, 1.54) is 29.2 Å². The van der Waals surface area contributed by atoms with E-state index in [9.17, 15) is 22.4 Å². The third-order valence-electron chi connectivity index (χ3n) is 3.50. The Kier molecular flexibility index (Phi) is 4.69. The minimum Gasteiger partial charge on any atom is -0.320 e. The normalized spacial score (nSPS) is 11.4. The maximum Gasteiger partial charge on any atom is 0.416 e. The summed E-state index contributed by atoms with van der Waals surface area (Å²) in [4.78, 5) is 12.3. The largest absolute Gasteiger partial charge is 0.416 e. The predicted molar refractivity (Wildman–Crippen MR) is 87.9 cm³/mol. The van der Waals surface area contributed by atoms with Crippen molar-refractivity contribution >= 4 is 23.2 Å². The zero-order chi connectivity index (χ0) is 18.9. The van der Waals surface area contributed by atoms with Crippen LogP contribution in [0, 0.1) is 5.82 Å². The van der Waals surface area contributed by atoms with Crippen LogP contribution in [-0.2, 0) is 6.18 Å². The van der Waals surface area contributed by atoms with E-state index in [0.717, 1.165) is 24.3 Å². The zero-order valence-corrected chi connectivity index (χ0v) is 13.6. The molecule has 0 atom stereocenters. The van der Waals surface area contributed by atoms with Gasteiger partial charge in [0.25, 0.3) is 5.91 Å². The Bertz CT molecular complexity index is 955. The van der Waals surface area contributed by atoms with Crippen molar-refractivity contribution in [2.24, 2.45) is 0 Å². The fourth-order valence-electron chi connectivity index (χ4n) is 2.28. The summed E-state index contributed by atoms with van der Waals surface area (Å²) in [5.74, 6) is -1.78. The van der Waals surface area contributed by atoms with Crippen molar-refractivity contribution in [3.63, 3.8) is 0 Å². The molecule has 0 radical (unpaired) electrons. The second-order valence-electron chi connectivity index (χ2n) is 5.26. The topological polar surface area (TPSA) is 46.9 Å². The molecule has 0 saturated heterocycles. The number of benzene rings is 2. The molecule has 0 unspecified atom stereocenters. The molecular weight excluding hydrogens is 374 g/mol. The third-order valence-corrected chi connectivity index (χ3v) is 3.73. The maximum atomic E-state index is 13.8. The van der Waals surface area contributed by atoms with E-state index in [2.05, 4.69) is 10.4 Å². The van der Waals surface area contributed by atoms with E-state index >= 15 is 0 Å². The van der Waals surface area contributed by atoms with Gasteiger partial charge in [-0.2, -0.15) is 18.3 Å². The third kappa shape index (κ3) is 3.70. The lowest BCUT2D eigenvalue weighted by Gasteiger charge is -2.15. The SMILES string of the molecule is O=C(Nc1cc(C(F)(F)F)ccc1-n1cccn1)c1cc(Cl)ccc1F. The molecule has 1 N–H and O–H groups in total. The summed E-state index contributed by atoms with van der Waals surface area (Å²) in [6.45, 7) is 0. The highest BCUT2D eigenvalue weighted by Gasteiger charge is 2.31. The molecule has 134 valence electrons. The Labute approximate surface area is 150 Å². The van der Waals surface area contributed by atoms with Gasteiger partial charge in [0.15, 0.2) is 0 Å². The highest BCUT2D eigenvalue weighted by atomic mass is 35.5. The van der Waals surface area contributed by atoms with Gasteiger partial charge < -0.3 is 5.32 Å². The average molecular weight is 384 g/mol. The first-order chi connectivity index (χ1) is 12.3. The van der Waals surface area contributed by atoms with Crippen LogP contribution < -0.4 is 5.32 Å². The molecule has 2 aromatic carbocycles. The number of amides is 1. The van der Waals surface area contributed by atoms with Gasteiger partial charge in [-0.1, -0.05) is 11.6 Å². The number of nitrogens with zero attached hydrogens (tertiary/aromatic N) is 2. The number of nitrogens with one attached hydrogen (secondary N) is 1. The molecule has 0 spiro atoms. The van der Waals surface area contributed by atoms with Crippen molar-refractivity contribution in [3.05, 3.63) is 76.8 Å². The molecule has 26 heavy (non-hydrogen) atoms. The number of anilines is 1. The number of hydrogen-bond donors (Lipinski definition) is 1. The number of rotatable bonds is 3. The van der Waals surface area contributed by atoms with Crippen LogP contribution in [0.5, 0.6) is 0 Å². The van der Waals surface area contributed by atoms with Gasteiger partial charge in [0, 0.05) is 17.4 Å². The fourth-order valence-corrected chi connectivity index (χ4v) is 2.46. The minimum absolute atomic E-state index is 0.118. The number of aromatic nitrogens is 2. The van der Waals surface area contributed by atoms with Crippen molar-refractivity contribution in [2.75, 3.05) is 5.32 Å². The van der Waals surface area contributed by atoms with Crippen molar-refractivity contribution in [1.29, 1.82) is 0 Å². The van der Waals surface area contributed by atoms with E-state index in [4.69, 9.17) is 11.6 Å². The highest BCUT2D eigenvalue weighted by Crippen LogP contribution is 2.33. The molecule has 9 heteroatoms. The molecule has 0 fully saturated rings. The molecule has 0 saturated carbocycles. The maximum absolute atomic E-state index is 13.8. The zero-order valence-electron chi connectivity index (χ0n) is 12.9. The molecule has 0 aliphatic rings. The smallest absolute Gasteiger partial charge is 0.320 e. The van der Waals surface area contributed by atoms with Gasteiger partial charge in [-0.3, -0.25) is 4.79 Å². The van der Waals surface area contributed by atoms with Crippen LogP contribution in [0.3, 0.4) is 0 Å². The molecular formula is C17H10ClF4N3O. The van der Waals surface area contributed by atoms with Crippen LogP contribution in [-0.4, -0.2) is 15.7 Å². The second kappa shape index (κ2) is 6.80. The monoisotopic (exact) mass is 383 g/mol. The minimum atomic E-state index is -4.61. The lowest BCUT2D eigenvalue weighted by molar-refractivity contribution is -0.137. The standard InChI is InChI=1S/C17H10ClF4N3O/c18-11-3-4-13(19)12(9-11)16(26)24-14-8-10(17(20,21)22)2-5-15(14)25-7-1-6-23-25/h1-9H,(H,24,26). The molecule has 4 nitrogen and oxygen atoms in total. The van der Waals surface area contributed by atoms with E-state index in [1.807, 2.05) is 0 Å². The predicted octanol–water partition coefficient (Wildman–Crippen LogP) is 4.94. The summed E-state index contributed by atoms with van der Waals surface area (Å²) in [7, 11) is 0. The Balaban J connectivity index is 2.04. The summed E-state index contributed by atoms with van der Waals surface area (Å²) in [5.41, 5.74) is -1.33. The average Bonchev–Trinajstić information content (AvgIpc) is 3.10.